The molecule has 1 aromatic carbocycles. The fourth-order valence-corrected chi connectivity index (χ4v) is 2.85. The molecule has 0 aromatic heterocycles. The SMILES string of the molecule is Cl.NCC1CCCN(C(=O)c2cccc3c2OCCO3)C1. The summed E-state index contributed by atoms with van der Waals surface area (Å²) >= 11 is 0. The van der Waals surface area contributed by atoms with Gasteiger partial charge in [0.05, 0.1) is 5.56 Å². The summed E-state index contributed by atoms with van der Waals surface area (Å²) < 4.78 is 11.2. The molecule has 1 atom stereocenters. The number of hydrogen-bond donors (Lipinski definition) is 1. The summed E-state index contributed by atoms with van der Waals surface area (Å²) in [7, 11) is 0. The molecule has 21 heavy (non-hydrogen) atoms. The average Bonchev–Trinajstić information content (AvgIpc) is 2.53. The van der Waals surface area contributed by atoms with Crippen molar-refractivity contribution in [2.45, 2.75) is 12.8 Å². The summed E-state index contributed by atoms with van der Waals surface area (Å²) in [6.45, 7) is 3.18. The molecule has 1 aromatic rings. The lowest BCUT2D eigenvalue weighted by Crippen LogP contribution is -2.42. The minimum atomic E-state index is 0. The second-order valence-corrected chi connectivity index (χ2v) is 5.32. The molecule has 3 rings (SSSR count). The van der Waals surface area contributed by atoms with Crippen molar-refractivity contribution in [3.8, 4) is 11.5 Å². The van der Waals surface area contributed by atoms with Crippen LogP contribution in [0.25, 0.3) is 0 Å². The van der Waals surface area contributed by atoms with Gasteiger partial charge >= 0.3 is 0 Å². The number of nitrogens with two attached hydrogens (primary N) is 1. The number of nitrogens with zero attached hydrogens (tertiary/aromatic N) is 1. The second kappa shape index (κ2) is 7.00. The highest BCUT2D eigenvalue weighted by Gasteiger charge is 2.27. The topological polar surface area (TPSA) is 64.8 Å². The van der Waals surface area contributed by atoms with Crippen molar-refractivity contribution in [2.75, 3.05) is 32.8 Å². The Labute approximate surface area is 130 Å². The van der Waals surface area contributed by atoms with Gasteiger partial charge in [0.15, 0.2) is 11.5 Å². The highest BCUT2D eigenvalue weighted by molar-refractivity contribution is 5.98. The third-order valence-electron chi connectivity index (χ3n) is 3.94. The Hall–Kier alpha value is -1.46. The Bertz CT molecular complexity index is 510. The third-order valence-corrected chi connectivity index (χ3v) is 3.94. The first-order valence-corrected chi connectivity index (χ1v) is 7.17. The normalized spacial score (nSPS) is 20.6. The third kappa shape index (κ3) is 3.24. The van der Waals surface area contributed by atoms with Crippen LogP contribution in [0.3, 0.4) is 0 Å². The van der Waals surface area contributed by atoms with Crippen molar-refractivity contribution in [1.29, 1.82) is 0 Å². The summed E-state index contributed by atoms with van der Waals surface area (Å²) in [5.74, 6) is 1.67. The number of halogens is 1. The maximum absolute atomic E-state index is 12.7. The lowest BCUT2D eigenvalue weighted by Gasteiger charge is -2.33. The fraction of sp³-hybridized carbons (Fsp3) is 0.533. The number of fused-ring (bicyclic) bond motifs is 1. The molecule has 116 valence electrons. The fourth-order valence-electron chi connectivity index (χ4n) is 2.85. The van der Waals surface area contributed by atoms with Crippen molar-refractivity contribution in [3.63, 3.8) is 0 Å². The molecule has 5 nitrogen and oxygen atoms in total. The molecule has 0 aliphatic carbocycles. The molecule has 2 aliphatic rings. The molecule has 2 aliphatic heterocycles. The highest BCUT2D eigenvalue weighted by atomic mass is 35.5. The minimum absolute atomic E-state index is 0. The van der Waals surface area contributed by atoms with E-state index < -0.39 is 0 Å². The molecule has 0 saturated carbocycles. The van der Waals surface area contributed by atoms with Gasteiger partial charge in [0, 0.05) is 13.1 Å². The Kier molecular flexibility index (Phi) is 5.31. The molecule has 2 N–H and O–H groups in total. The number of piperidine rings is 1. The van der Waals surface area contributed by atoms with E-state index >= 15 is 0 Å². The number of rotatable bonds is 2. The number of para-hydroxylation sites is 1. The van der Waals surface area contributed by atoms with E-state index in [4.69, 9.17) is 15.2 Å². The van der Waals surface area contributed by atoms with Crippen LogP contribution in [-0.4, -0.2) is 43.7 Å². The zero-order valence-electron chi connectivity index (χ0n) is 11.9. The van der Waals surface area contributed by atoms with E-state index in [1.54, 1.807) is 0 Å². The molecule has 0 radical (unpaired) electrons. The van der Waals surface area contributed by atoms with Gasteiger partial charge in [0.2, 0.25) is 0 Å². The van der Waals surface area contributed by atoms with E-state index in [-0.39, 0.29) is 18.3 Å². The largest absolute Gasteiger partial charge is 0.486 e. The molecule has 2 heterocycles. The van der Waals surface area contributed by atoms with Crippen LogP contribution in [0, 0.1) is 5.92 Å². The zero-order chi connectivity index (χ0) is 13.9. The maximum Gasteiger partial charge on any atom is 0.257 e. The molecule has 0 bridgehead atoms. The van der Waals surface area contributed by atoms with Crippen LogP contribution in [0.4, 0.5) is 0 Å². The van der Waals surface area contributed by atoms with Gasteiger partial charge in [-0.3, -0.25) is 4.79 Å². The quantitative estimate of drug-likeness (QED) is 0.902. The van der Waals surface area contributed by atoms with Crippen molar-refractivity contribution < 1.29 is 14.3 Å². The van der Waals surface area contributed by atoms with Crippen molar-refractivity contribution in [3.05, 3.63) is 23.8 Å². The number of carbonyl (C=O) groups excluding carboxylic acids is 1. The molecule has 1 unspecified atom stereocenters. The molecule has 1 amide bonds. The Morgan fingerprint density at radius 3 is 2.95 bits per heavy atom. The number of ether oxygens (including phenoxy) is 2. The molecular weight excluding hydrogens is 292 g/mol. The van der Waals surface area contributed by atoms with Crippen LogP contribution >= 0.6 is 12.4 Å². The summed E-state index contributed by atoms with van der Waals surface area (Å²) in [5.41, 5.74) is 6.33. The number of amides is 1. The Morgan fingerprint density at radius 1 is 1.33 bits per heavy atom. The van der Waals surface area contributed by atoms with Crippen LogP contribution in [0.5, 0.6) is 11.5 Å². The molecule has 1 saturated heterocycles. The predicted octanol–water partition coefficient (Wildman–Crippen LogP) is 1.69. The molecule has 1 fully saturated rings. The van der Waals surface area contributed by atoms with E-state index in [1.165, 1.54) is 0 Å². The Balaban J connectivity index is 0.00000161. The van der Waals surface area contributed by atoms with Gasteiger partial charge in [-0.25, -0.2) is 0 Å². The number of carbonyl (C=O) groups is 1. The number of benzene rings is 1. The summed E-state index contributed by atoms with van der Waals surface area (Å²) in [5, 5.41) is 0. The predicted molar refractivity (Wildman–Crippen MR) is 82.4 cm³/mol. The van der Waals surface area contributed by atoms with Crippen molar-refractivity contribution >= 4 is 18.3 Å². The first-order chi connectivity index (χ1) is 9.79. The van der Waals surface area contributed by atoms with E-state index in [0.29, 0.717) is 42.7 Å². The van der Waals surface area contributed by atoms with Gasteiger partial charge in [0.1, 0.15) is 13.2 Å². The van der Waals surface area contributed by atoms with Crippen molar-refractivity contribution in [1.82, 2.24) is 4.90 Å². The standard InChI is InChI=1S/C15H20N2O3.ClH/c16-9-11-3-2-6-17(10-11)15(18)12-4-1-5-13-14(12)20-8-7-19-13;/h1,4-5,11H,2-3,6-10,16H2;1H. The van der Waals surface area contributed by atoms with Gasteiger partial charge < -0.3 is 20.1 Å². The lowest BCUT2D eigenvalue weighted by atomic mass is 9.97. The van der Waals surface area contributed by atoms with E-state index in [9.17, 15) is 4.79 Å². The van der Waals surface area contributed by atoms with Gasteiger partial charge in [-0.15, -0.1) is 12.4 Å². The van der Waals surface area contributed by atoms with Gasteiger partial charge in [-0.2, -0.15) is 0 Å². The smallest absolute Gasteiger partial charge is 0.257 e. The summed E-state index contributed by atoms with van der Waals surface area (Å²) in [4.78, 5) is 14.6. The summed E-state index contributed by atoms with van der Waals surface area (Å²) in [6, 6.07) is 5.48. The van der Waals surface area contributed by atoms with Gasteiger partial charge in [0.25, 0.3) is 5.91 Å². The summed E-state index contributed by atoms with van der Waals surface area (Å²) in [6.07, 6.45) is 2.12. The van der Waals surface area contributed by atoms with Gasteiger partial charge in [-0.1, -0.05) is 6.07 Å². The number of likely N-dealkylation sites (tertiary alicyclic amines) is 1. The minimum Gasteiger partial charge on any atom is -0.486 e. The van der Waals surface area contributed by atoms with Crippen molar-refractivity contribution in [2.24, 2.45) is 11.7 Å². The van der Waals surface area contributed by atoms with Gasteiger partial charge in [-0.05, 0) is 37.4 Å². The molecular formula is C15H21ClN2O3. The maximum atomic E-state index is 12.7. The lowest BCUT2D eigenvalue weighted by molar-refractivity contribution is 0.0668. The van der Waals surface area contributed by atoms with Crippen LogP contribution in [-0.2, 0) is 0 Å². The van der Waals surface area contributed by atoms with E-state index in [0.717, 1.165) is 25.9 Å². The molecule has 0 spiro atoms. The zero-order valence-corrected chi connectivity index (χ0v) is 12.7. The van der Waals surface area contributed by atoms with Crippen LogP contribution in [0.2, 0.25) is 0 Å². The Morgan fingerprint density at radius 2 is 2.14 bits per heavy atom. The van der Waals surface area contributed by atoms with E-state index in [2.05, 4.69) is 0 Å². The van der Waals surface area contributed by atoms with E-state index in [1.807, 2.05) is 23.1 Å². The van der Waals surface area contributed by atoms with Crippen LogP contribution < -0.4 is 15.2 Å². The first kappa shape index (κ1) is 15.9. The second-order valence-electron chi connectivity index (χ2n) is 5.32. The molecule has 6 heteroatoms. The van der Waals surface area contributed by atoms with Crippen LogP contribution in [0.15, 0.2) is 18.2 Å². The highest BCUT2D eigenvalue weighted by Crippen LogP contribution is 2.34. The average molecular weight is 313 g/mol. The number of hydrogen-bond acceptors (Lipinski definition) is 4. The van der Waals surface area contributed by atoms with Crippen LogP contribution in [0.1, 0.15) is 23.2 Å². The monoisotopic (exact) mass is 312 g/mol. The first-order valence-electron chi connectivity index (χ1n) is 7.17.